The van der Waals surface area contributed by atoms with Crippen LogP contribution in [-0.4, -0.2) is 39.0 Å². The van der Waals surface area contributed by atoms with Gasteiger partial charge in [0.25, 0.3) is 0 Å². The molecular formula is C84H50N8S2. The molecule has 19 aromatic rings. The van der Waals surface area contributed by atoms with Crippen molar-refractivity contribution < 1.29 is 0 Å². The monoisotopic (exact) mass is 1230 g/mol. The van der Waals surface area contributed by atoms with Crippen molar-refractivity contribution in [1.29, 1.82) is 0 Å². The lowest BCUT2D eigenvalue weighted by molar-refractivity contribution is 1.07. The number of benzene rings is 13. The van der Waals surface area contributed by atoms with Crippen LogP contribution in [0, 0.1) is 0 Å². The van der Waals surface area contributed by atoms with Crippen molar-refractivity contribution in [3.05, 3.63) is 303 Å². The molecule has 94 heavy (non-hydrogen) atoms. The van der Waals surface area contributed by atoms with Crippen LogP contribution in [0.25, 0.3) is 186 Å². The van der Waals surface area contributed by atoms with E-state index in [0.717, 1.165) is 83.5 Å². The molecule has 0 N–H and O–H groups in total. The Kier molecular flexibility index (Phi) is 12.5. The average molecular weight is 1240 g/mol. The van der Waals surface area contributed by atoms with Crippen LogP contribution in [0.2, 0.25) is 0 Å². The summed E-state index contributed by atoms with van der Waals surface area (Å²) in [5.41, 5.74) is 16.6. The van der Waals surface area contributed by atoms with Crippen molar-refractivity contribution in [2.24, 2.45) is 0 Å². The van der Waals surface area contributed by atoms with Crippen molar-refractivity contribution in [3.63, 3.8) is 0 Å². The molecular weight excluding hydrogens is 1190 g/mol. The summed E-state index contributed by atoms with van der Waals surface area (Å²) >= 11 is 3.68. The molecule has 438 valence electrons. The fraction of sp³-hybridized carbons (Fsp3) is 0. The van der Waals surface area contributed by atoms with Gasteiger partial charge in [0.15, 0.2) is 34.9 Å². The van der Waals surface area contributed by atoms with Crippen LogP contribution in [0.4, 0.5) is 0 Å². The molecule has 0 radical (unpaired) electrons. The first-order valence-electron chi connectivity index (χ1n) is 31.4. The van der Waals surface area contributed by atoms with Gasteiger partial charge in [-0.15, -0.1) is 22.7 Å². The van der Waals surface area contributed by atoms with E-state index in [1.165, 1.54) is 67.5 Å². The molecule has 8 nitrogen and oxygen atoms in total. The highest BCUT2D eigenvalue weighted by atomic mass is 32.1. The summed E-state index contributed by atoms with van der Waals surface area (Å²) in [4.78, 5) is 31.2. The summed E-state index contributed by atoms with van der Waals surface area (Å²) in [6, 6.07) is 108. The molecule has 6 heterocycles. The summed E-state index contributed by atoms with van der Waals surface area (Å²) in [7, 11) is 0. The summed E-state index contributed by atoms with van der Waals surface area (Å²) in [5.74, 6) is 3.66. The van der Waals surface area contributed by atoms with Gasteiger partial charge in [0.05, 0.1) is 22.1 Å². The summed E-state index contributed by atoms with van der Waals surface area (Å²) in [6.45, 7) is 0. The van der Waals surface area contributed by atoms with Gasteiger partial charge in [-0.2, -0.15) is 0 Å². The quantitative estimate of drug-likeness (QED) is 0.136. The highest BCUT2D eigenvalue weighted by Gasteiger charge is 2.22. The van der Waals surface area contributed by atoms with Crippen molar-refractivity contribution in [2.45, 2.75) is 0 Å². The third kappa shape index (κ3) is 9.02. The molecule has 10 heteroatoms. The van der Waals surface area contributed by atoms with E-state index in [-0.39, 0.29) is 0 Å². The summed E-state index contributed by atoms with van der Waals surface area (Å²) < 4.78 is 9.78. The van der Waals surface area contributed by atoms with E-state index in [1.807, 2.05) is 65.1 Å². The molecule has 13 aromatic carbocycles. The first kappa shape index (κ1) is 53.7. The van der Waals surface area contributed by atoms with Gasteiger partial charge < -0.3 is 9.13 Å². The van der Waals surface area contributed by atoms with Gasteiger partial charge in [-0.05, 0) is 95.1 Å². The molecule has 0 saturated heterocycles. The molecule has 0 spiro atoms. The molecule has 0 fully saturated rings. The minimum Gasteiger partial charge on any atom is -0.309 e. The Hall–Kier alpha value is -12.1. The maximum Gasteiger partial charge on any atom is 0.164 e. The van der Waals surface area contributed by atoms with Crippen LogP contribution in [0.5, 0.6) is 0 Å². The Labute approximate surface area is 547 Å². The lowest BCUT2D eigenvalue weighted by Gasteiger charge is -2.12. The van der Waals surface area contributed by atoms with E-state index < -0.39 is 0 Å². The highest BCUT2D eigenvalue weighted by molar-refractivity contribution is 7.26. The number of hydrogen-bond acceptors (Lipinski definition) is 8. The maximum atomic E-state index is 5.29. The number of hydrogen-bond donors (Lipinski definition) is 0. The van der Waals surface area contributed by atoms with Gasteiger partial charge in [-0.1, -0.05) is 231 Å². The topological polar surface area (TPSA) is 87.2 Å². The number of nitrogens with zero attached hydrogens (tertiary/aromatic N) is 8. The summed E-state index contributed by atoms with van der Waals surface area (Å²) in [6.07, 6.45) is 0. The number of rotatable bonds is 10. The fourth-order valence-corrected chi connectivity index (χ4v) is 16.1. The van der Waals surface area contributed by atoms with Gasteiger partial charge in [0.1, 0.15) is 0 Å². The normalized spacial score (nSPS) is 11.8. The van der Waals surface area contributed by atoms with Crippen LogP contribution in [-0.2, 0) is 0 Å². The van der Waals surface area contributed by atoms with Gasteiger partial charge in [0, 0.05) is 107 Å². The van der Waals surface area contributed by atoms with Gasteiger partial charge in [0.2, 0.25) is 0 Å². The Morgan fingerprint density at radius 3 is 1.14 bits per heavy atom. The smallest absolute Gasteiger partial charge is 0.164 e. The molecule has 0 saturated carbocycles. The Morgan fingerprint density at radius 2 is 0.585 bits per heavy atom. The highest BCUT2D eigenvalue weighted by Crippen LogP contribution is 2.46. The van der Waals surface area contributed by atoms with Crippen molar-refractivity contribution >= 4 is 107 Å². The van der Waals surface area contributed by atoms with Gasteiger partial charge in [-0.25, -0.2) is 29.9 Å². The average Bonchev–Trinajstić information content (AvgIpc) is 1.57. The predicted octanol–water partition coefficient (Wildman–Crippen LogP) is 22.3. The van der Waals surface area contributed by atoms with E-state index >= 15 is 0 Å². The van der Waals surface area contributed by atoms with Crippen LogP contribution in [0.3, 0.4) is 0 Å². The van der Waals surface area contributed by atoms with Gasteiger partial charge in [-0.3, -0.25) is 0 Å². The molecule has 6 aromatic heterocycles. The van der Waals surface area contributed by atoms with E-state index in [9.17, 15) is 0 Å². The minimum absolute atomic E-state index is 0.603. The molecule has 0 aliphatic rings. The zero-order valence-corrected chi connectivity index (χ0v) is 51.9. The molecule has 0 amide bonds. The van der Waals surface area contributed by atoms with Crippen LogP contribution in [0.15, 0.2) is 303 Å². The van der Waals surface area contributed by atoms with E-state index in [4.69, 9.17) is 29.9 Å². The number of fused-ring (bicyclic) bond motifs is 12. The lowest BCUT2D eigenvalue weighted by atomic mass is 10.0. The Morgan fingerprint density at radius 1 is 0.202 bits per heavy atom. The second-order valence-corrected chi connectivity index (χ2v) is 25.9. The zero-order chi connectivity index (χ0) is 61.8. The minimum atomic E-state index is 0.603. The SMILES string of the molecule is c1ccc(-c2cccc(-c3nc(-c4ccccc4)nc(-c4cccc(-n5c6ccccc6c6cc7c(cc65)sc5c(-c6ccc(-c8nc(-c9ccccc9)nc(-c9cccc(-n%10c%11ccccc%11c%11cc%12c(cc%11%10)sc%10ccccc%10%12)c9)n8)cc6)cccc57)c4)n3)c2)cc1. The first-order chi connectivity index (χ1) is 46.5. The largest absolute Gasteiger partial charge is 0.309 e. The first-order valence-corrected chi connectivity index (χ1v) is 33.0. The van der Waals surface area contributed by atoms with Crippen molar-refractivity contribution in [2.75, 3.05) is 0 Å². The third-order valence-corrected chi connectivity index (χ3v) is 20.5. The van der Waals surface area contributed by atoms with E-state index in [2.05, 4.69) is 270 Å². The number of para-hydroxylation sites is 2. The molecule has 0 aliphatic carbocycles. The van der Waals surface area contributed by atoms with Crippen LogP contribution in [0.1, 0.15) is 0 Å². The zero-order valence-electron chi connectivity index (χ0n) is 50.3. The third-order valence-electron chi connectivity index (χ3n) is 18.2. The van der Waals surface area contributed by atoms with Crippen LogP contribution < -0.4 is 0 Å². The standard InChI is InChI=1S/C84H50N8S2/c1-4-20-51(21-5-1)56-26-16-27-57(44-56)82-86-80(54-24-8-3-9-25-54)88-84(90-82)59-29-18-31-61(46-59)92-72-38-14-11-33-64(72)68-48-70-66-36-19-35-62(78(66)94-77(70)50-74(68)92)52-40-42-55(43-41-52)81-85-79(53-22-6-2-7-23-53)87-83(89-81)58-28-17-30-60(45-58)91-71-37-13-10-32-63(71)67-47-69-65-34-12-15-39-75(65)93-76(69)49-73(67)91/h1-50H. The van der Waals surface area contributed by atoms with Gasteiger partial charge >= 0.3 is 0 Å². The molecule has 19 rings (SSSR count). The molecule has 0 atom stereocenters. The Balaban J connectivity index is 0.687. The number of aromatic nitrogens is 8. The summed E-state index contributed by atoms with van der Waals surface area (Å²) in [5, 5.41) is 9.85. The lowest BCUT2D eigenvalue weighted by Crippen LogP contribution is -2.01. The Bertz CT molecular complexity index is 6230. The number of thiophene rings is 2. The maximum absolute atomic E-state index is 5.29. The van der Waals surface area contributed by atoms with Crippen molar-refractivity contribution in [1.82, 2.24) is 39.0 Å². The molecule has 0 aliphatic heterocycles. The van der Waals surface area contributed by atoms with E-state index in [1.54, 1.807) is 0 Å². The molecule has 0 unspecified atom stereocenters. The second kappa shape index (κ2) is 21.8. The second-order valence-electron chi connectivity index (χ2n) is 23.8. The van der Waals surface area contributed by atoms with Crippen molar-refractivity contribution in [3.8, 4) is 102 Å². The fourth-order valence-electron chi connectivity index (χ4n) is 13.8. The van der Waals surface area contributed by atoms with E-state index in [0.29, 0.717) is 34.9 Å². The predicted molar refractivity (Wildman–Crippen MR) is 391 cm³/mol. The molecule has 0 bridgehead atoms. The van der Waals surface area contributed by atoms with Crippen LogP contribution >= 0.6 is 22.7 Å².